The fourth-order valence-electron chi connectivity index (χ4n) is 1.53. The van der Waals surface area contributed by atoms with Gasteiger partial charge in [0.25, 0.3) is 0 Å². The molecule has 0 amide bonds. The van der Waals surface area contributed by atoms with Gasteiger partial charge < -0.3 is 4.74 Å². The Morgan fingerprint density at radius 3 is 2.64 bits per heavy atom. The van der Waals surface area contributed by atoms with Crippen molar-refractivity contribution in [3.8, 4) is 0 Å². The lowest BCUT2D eigenvalue weighted by Crippen LogP contribution is -2.07. The number of allylic oxidation sites excluding steroid dienone is 1. The molecule has 0 aromatic heterocycles. The van der Waals surface area contributed by atoms with Crippen LogP contribution in [0.5, 0.6) is 0 Å². The third-order valence-electron chi connectivity index (χ3n) is 2.11. The number of ether oxygens (including phenoxy) is 1. The lowest BCUT2D eigenvalue weighted by atomic mass is 10.1. The summed E-state index contributed by atoms with van der Waals surface area (Å²) in [5, 5.41) is 0. The molecule has 0 bridgehead atoms. The fraction of sp³-hybridized carbons (Fsp3) is 0.800. The van der Waals surface area contributed by atoms with Crippen molar-refractivity contribution >= 4 is 0 Å². The Morgan fingerprint density at radius 2 is 2.18 bits per heavy atom. The summed E-state index contributed by atoms with van der Waals surface area (Å²) in [7, 11) is 0. The van der Waals surface area contributed by atoms with E-state index in [0.717, 1.165) is 6.42 Å². The molecule has 0 spiro atoms. The Kier molecular flexibility index (Phi) is 3.13. The van der Waals surface area contributed by atoms with Crippen molar-refractivity contribution in [1.82, 2.24) is 0 Å². The van der Waals surface area contributed by atoms with E-state index in [9.17, 15) is 0 Å². The van der Waals surface area contributed by atoms with Gasteiger partial charge in [-0.1, -0.05) is 18.6 Å². The van der Waals surface area contributed by atoms with Crippen molar-refractivity contribution in [3.05, 3.63) is 11.6 Å². The second kappa shape index (κ2) is 3.91. The molecule has 1 rings (SSSR count). The highest BCUT2D eigenvalue weighted by atomic mass is 16.5. The summed E-state index contributed by atoms with van der Waals surface area (Å²) in [6.07, 6.45) is 6.78. The second-order valence-electron chi connectivity index (χ2n) is 3.53. The minimum atomic E-state index is 0.407. The maximum Gasteiger partial charge on any atom is 0.0762 e. The van der Waals surface area contributed by atoms with Crippen molar-refractivity contribution in [2.45, 2.75) is 52.2 Å². The van der Waals surface area contributed by atoms with Crippen LogP contribution in [0.15, 0.2) is 11.6 Å². The van der Waals surface area contributed by atoms with E-state index in [1.165, 1.54) is 18.4 Å². The van der Waals surface area contributed by atoms with E-state index >= 15 is 0 Å². The second-order valence-corrected chi connectivity index (χ2v) is 3.53. The van der Waals surface area contributed by atoms with Crippen molar-refractivity contribution in [2.24, 2.45) is 0 Å². The lowest BCUT2D eigenvalue weighted by Gasteiger charge is -2.08. The van der Waals surface area contributed by atoms with Gasteiger partial charge in [0.2, 0.25) is 0 Å². The smallest absolute Gasteiger partial charge is 0.0762 e. The Balaban J connectivity index is 2.36. The molecule has 1 saturated heterocycles. The SMILES string of the molecule is CC[C@@H]1CC[C@@H](C=C(C)C)O1. The van der Waals surface area contributed by atoms with Crippen LogP contribution < -0.4 is 0 Å². The van der Waals surface area contributed by atoms with Crippen molar-refractivity contribution in [2.75, 3.05) is 0 Å². The zero-order chi connectivity index (χ0) is 8.27. The van der Waals surface area contributed by atoms with E-state index in [4.69, 9.17) is 4.74 Å². The molecule has 1 nitrogen and oxygen atoms in total. The highest BCUT2D eigenvalue weighted by Crippen LogP contribution is 2.23. The first-order valence-corrected chi connectivity index (χ1v) is 4.53. The first-order chi connectivity index (χ1) is 5.22. The minimum Gasteiger partial charge on any atom is -0.371 e. The highest BCUT2D eigenvalue weighted by Gasteiger charge is 2.21. The molecular formula is C10H18O. The maximum atomic E-state index is 5.75. The summed E-state index contributed by atoms with van der Waals surface area (Å²) >= 11 is 0. The summed E-state index contributed by atoms with van der Waals surface area (Å²) in [6.45, 7) is 6.45. The zero-order valence-electron chi connectivity index (χ0n) is 7.76. The van der Waals surface area contributed by atoms with Crippen LogP contribution in [0.2, 0.25) is 0 Å². The van der Waals surface area contributed by atoms with Gasteiger partial charge in [0, 0.05) is 0 Å². The van der Waals surface area contributed by atoms with E-state index < -0.39 is 0 Å². The summed E-state index contributed by atoms with van der Waals surface area (Å²) in [5.41, 5.74) is 1.37. The molecule has 1 heteroatoms. The fourth-order valence-corrected chi connectivity index (χ4v) is 1.53. The normalized spacial score (nSPS) is 30.5. The average Bonchev–Trinajstić information content (AvgIpc) is 2.34. The molecule has 1 heterocycles. The van der Waals surface area contributed by atoms with Crippen LogP contribution in [-0.2, 0) is 4.74 Å². The van der Waals surface area contributed by atoms with E-state index in [-0.39, 0.29) is 0 Å². The molecule has 1 aliphatic rings. The van der Waals surface area contributed by atoms with Gasteiger partial charge in [-0.25, -0.2) is 0 Å². The van der Waals surface area contributed by atoms with Crippen LogP contribution in [0.1, 0.15) is 40.0 Å². The van der Waals surface area contributed by atoms with Gasteiger partial charge in [-0.15, -0.1) is 0 Å². The molecule has 0 aliphatic carbocycles. The van der Waals surface area contributed by atoms with Crippen LogP contribution in [0.25, 0.3) is 0 Å². The van der Waals surface area contributed by atoms with Gasteiger partial charge in [-0.05, 0) is 33.1 Å². The van der Waals surface area contributed by atoms with Gasteiger partial charge in [-0.2, -0.15) is 0 Å². The van der Waals surface area contributed by atoms with Crippen molar-refractivity contribution in [1.29, 1.82) is 0 Å². The number of rotatable bonds is 2. The van der Waals surface area contributed by atoms with Gasteiger partial charge in [0.1, 0.15) is 0 Å². The topological polar surface area (TPSA) is 9.23 Å². The highest BCUT2D eigenvalue weighted by molar-refractivity contribution is 5.00. The quantitative estimate of drug-likeness (QED) is 0.556. The third kappa shape index (κ3) is 2.66. The van der Waals surface area contributed by atoms with Crippen LogP contribution in [0, 0.1) is 0 Å². The Hall–Kier alpha value is -0.300. The van der Waals surface area contributed by atoms with Crippen molar-refractivity contribution in [3.63, 3.8) is 0 Å². The molecule has 0 aromatic rings. The van der Waals surface area contributed by atoms with Crippen LogP contribution in [0.4, 0.5) is 0 Å². The predicted molar refractivity (Wildman–Crippen MR) is 47.6 cm³/mol. The largest absolute Gasteiger partial charge is 0.371 e. The number of hydrogen-bond acceptors (Lipinski definition) is 1. The molecular weight excluding hydrogens is 136 g/mol. The van der Waals surface area contributed by atoms with Gasteiger partial charge in [0.05, 0.1) is 12.2 Å². The Labute approximate surface area is 69.4 Å². The summed E-state index contributed by atoms with van der Waals surface area (Å²) in [4.78, 5) is 0. The lowest BCUT2D eigenvalue weighted by molar-refractivity contribution is 0.0686. The van der Waals surface area contributed by atoms with E-state index in [2.05, 4.69) is 26.8 Å². The third-order valence-corrected chi connectivity index (χ3v) is 2.11. The van der Waals surface area contributed by atoms with Crippen LogP contribution in [-0.4, -0.2) is 12.2 Å². The summed E-state index contributed by atoms with van der Waals surface area (Å²) < 4.78 is 5.75. The predicted octanol–water partition coefficient (Wildman–Crippen LogP) is 2.91. The average molecular weight is 154 g/mol. The summed E-state index contributed by atoms with van der Waals surface area (Å²) in [6, 6.07) is 0. The van der Waals surface area contributed by atoms with Gasteiger partial charge >= 0.3 is 0 Å². The minimum absolute atomic E-state index is 0.407. The van der Waals surface area contributed by atoms with Gasteiger partial charge in [0.15, 0.2) is 0 Å². The van der Waals surface area contributed by atoms with Crippen LogP contribution >= 0.6 is 0 Å². The van der Waals surface area contributed by atoms with E-state index in [1.807, 2.05) is 0 Å². The molecule has 0 radical (unpaired) electrons. The van der Waals surface area contributed by atoms with E-state index in [0.29, 0.717) is 12.2 Å². The van der Waals surface area contributed by atoms with Crippen LogP contribution in [0.3, 0.4) is 0 Å². The molecule has 0 unspecified atom stereocenters. The van der Waals surface area contributed by atoms with Gasteiger partial charge in [-0.3, -0.25) is 0 Å². The van der Waals surface area contributed by atoms with Crippen molar-refractivity contribution < 1.29 is 4.74 Å². The monoisotopic (exact) mass is 154 g/mol. The molecule has 2 atom stereocenters. The molecule has 0 saturated carbocycles. The molecule has 64 valence electrons. The maximum absolute atomic E-state index is 5.75. The van der Waals surface area contributed by atoms with E-state index in [1.54, 1.807) is 0 Å². The molecule has 11 heavy (non-hydrogen) atoms. The molecule has 1 fully saturated rings. The first kappa shape index (κ1) is 8.79. The Bertz CT molecular complexity index is 145. The molecule has 1 aliphatic heterocycles. The summed E-state index contributed by atoms with van der Waals surface area (Å²) in [5.74, 6) is 0. The standard InChI is InChI=1S/C10H18O/c1-4-9-5-6-10(11-9)7-8(2)3/h7,9-10H,4-6H2,1-3H3/t9-,10+/m1/s1. The molecule has 0 N–H and O–H groups in total. The molecule has 0 aromatic carbocycles. The Morgan fingerprint density at radius 1 is 1.45 bits per heavy atom. The zero-order valence-corrected chi connectivity index (χ0v) is 7.76. The first-order valence-electron chi connectivity index (χ1n) is 4.53. The number of hydrogen-bond donors (Lipinski definition) is 0.